The van der Waals surface area contributed by atoms with Gasteiger partial charge in [-0.1, -0.05) is 63.9 Å². The van der Waals surface area contributed by atoms with Crippen molar-refractivity contribution in [3.8, 4) is 5.75 Å². The number of benzene rings is 3. The molecule has 2 aliphatic rings. The maximum Gasteiger partial charge on any atom is 0.288 e. The molecular formula is C22H15BrClN3O3. The molecule has 0 bridgehead atoms. The quantitative estimate of drug-likeness (QED) is 0.325. The lowest BCUT2D eigenvalue weighted by molar-refractivity contribution is -0.384. The zero-order valence-corrected chi connectivity index (χ0v) is 17.9. The molecule has 150 valence electrons. The Kier molecular flexibility index (Phi) is 4.72. The van der Waals surface area contributed by atoms with Crippen molar-refractivity contribution < 1.29 is 9.66 Å². The van der Waals surface area contributed by atoms with E-state index in [4.69, 9.17) is 21.4 Å². The minimum Gasteiger partial charge on any atom is -0.464 e. The fourth-order valence-corrected chi connectivity index (χ4v) is 4.35. The Bertz CT molecular complexity index is 1180. The summed E-state index contributed by atoms with van der Waals surface area (Å²) in [6.07, 6.45) is 0.127. The number of para-hydroxylation sites is 1. The van der Waals surface area contributed by atoms with Gasteiger partial charge in [0.25, 0.3) is 5.69 Å². The minimum absolute atomic E-state index is 0.0201. The van der Waals surface area contributed by atoms with Crippen LogP contribution in [0.4, 0.5) is 5.69 Å². The first-order valence-electron chi connectivity index (χ1n) is 9.32. The molecule has 0 N–H and O–H groups in total. The number of rotatable bonds is 3. The van der Waals surface area contributed by atoms with E-state index in [2.05, 4.69) is 15.9 Å². The first-order valence-corrected chi connectivity index (χ1v) is 10.5. The van der Waals surface area contributed by atoms with Crippen molar-refractivity contribution in [2.75, 3.05) is 0 Å². The second kappa shape index (κ2) is 7.41. The van der Waals surface area contributed by atoms with Crippen LogP contribution >= 0.6 is 27.5 Å². The summed E-state index contributed by atoms with van der Waals surface area (Å²) in [4.78, 5) is 10.9. The number of ether oxygens (including phenoxy) is 1. The average Bonchev–Trinajstić information content (AvgIpc) is 3.19. The van der Waals surface area contributed by atoms with Crippen LogP contribution < -0.4 is 4.74 Å². The van der Waals surface area contributed by atoms with Gasteiger partial charge in [0.1, 0.15) is 10.8 Å². The molecule has 0 saturated heterocycles. The van der Waals surface area contributed by atoms with E-state index in [0.717, 1.165) is 27.1 Å². The van der Waals surface area contributed by atoms with Crippen LogP contribution in [0.2, 0.25) is 5.02 Å². The van der Waals surface area contributed by atoms with Gasteiger partial charge in [-0.15, -0.1) is 0 Å². The molecule has 0 unspecified atom stereocenters. The predicted octanol–water partition coefficient (Wildman–Crippen LogP) is 6.25. The summed E-state index contributed by atoms with van der Waals surface area (Å²) < 4.78 is 7.26. The van der Waals surface area contributed by atoms with Gasteiger partial charge >= 0.3 is 0 Å². The van der Waals surface area contributed by atoms with Gasteiger partial charge in [-0.2, -0.15) is 5.10 Å². The van der Waals surface area contributed by atoms with E-state index < -0.39 is 11.2 Å². The maximum atomic E-state index is 11.4. The van der Waals surface area contributed by atoms with Gasteiger partial charge in [-0.05, 0) is 29.8 Å². The highest BCUT2D eigenvalue weighted by atomic mass is 79.9. The normalized spacial score (nSPS) is 19.5. The van der Waals surface area contributed by atoms with E-state index in [1.807, 2.05) is 53.5 Å². The van der Waals surface area contributed by atoms with E-state index in [-0.39, 0.29) is 16.8 Å². The number of fused-ring (bicyclic) bond motifs is 3. The van der Waals surface area contributed by atoms with E-state index in [9.17, 15) is 10.1 Å². The number of hydrazone groups is 1. The molecule has 0 aliphatic carbocycles. The zero-order chi connectivity index (χ0) is 20.8. The van der Waals surface area contributed by atoms with Crippen LogP contribution in [0.15, 0.2) is 76.3 Å². The fraction of sp³-hybridized carbons (Fsp3) is 0.136. The molecule has 0 aromatic heterocycles. The lowest BCUT2D eigenvalue weighted by Crippen LogP contribution is -2.33. The highest BCUT2D eigenvalue weighted by Gasteiger charge is 2.41. The van der Waals surface area contributed by atoms with Crippen LogP contribution in [0.1, 0.15) is 35.4 Å². The van der Waals surface area contributed by atoms with Gasteiger partial charge in [0.15, 0.2) is 0 Å². The molecule has 0 spiro atoms. The summed E-state index contributed by atoms with van der Waals surface area (Å²) in [5.74, 6) is 0.758. The molecule has 5 rings (SSSR count). The third-order valence-corrected chi connectivity index (χ3v) is 6.18. The van der Waals surface area contributed by atoms with Crippen LogP contribution in [-0.4, -0.2) is 15.6 Å². The molecule has 2 heterocycles. The summed E-state index contributed by atoms with van der Waals surface area (Å²) >= 11 is 9.48. The van der Waals surface area contributed by atoms with Crippen molar-refractivity contribution in [2.45, 2.75) is 18.7 Å². The first kappa shape index (κ1) is 19.1. The molecule has 3 aromatic rings. The summed E-state index contributed by atoms with van der Waals surface area (Å²) in [6.45, 7) is 0. The van der Waals surface area contributed by atoms with Crippen molar-refractivity contribution in [3.05, 3.63) is 103 Å². The summed E-state index contributed by atoms with van der Waals surface area (Å²) in [6, 6.07) is 20.6. The lowest BCUT2D eigenvalue weighted by Gasteiger charge is -2.38. The van der Waals surface area contributed by atoms with Crippen LogP contribution in [-0.2, 0) is 0 Å². The molecular weight excluding hydrogens is 470 g/mol. The van der Waals surface area contributed by atoms with Gasteiger partial charge in [0.05, 0.1) is 16.7 Å². The largest absolute Gasteiger partial charge is 0.464 e. The molecule has 8 heteroatoms. The summed E-state index contributed by atoms with van der Waals surface area (Å²) in [5, 5.41) is 18.2. The highest BCUT2D eigenvalue weighted by molar-refractivity contribution is 9.10. The van der Waals surface area contributed by atoms with E-state index in [1.54, 1.807) is 6.07 Å². The van der Waals surface area contributed by atoms with Crippen LogP contribution in [0.25, 0.3) is 0 Å². The Morgan fingerprint density at radius 1 is 1.13 bits per heavy atom. The number of hydrogen-bond donors (Lipinski definition) is 0. The SMILES string of the molecule is O=[N+]([O-])c1cc([C@@H]2Oc3ccccc3[C@H]3CC(c4ccc(Br)cc4)=NN32)ccc1Cl. The molecule has 2 atom stereocenters. The molecule has 0 radical (unpaired) electrons. The van der Waals surface area contributed by atoms with Crippen molar-refractivity contribution in [1.82, 2.24) is 5.01 Å². The highest BCUT2D eigenvalue weighted by Crippen LogP contribution is 2.48. The predicted molar refractivity (Wildman–Crippen MR) is 118 cm³/mol. The number of halogens is 2. The Balaban J connectivity index is 1.60. The number of nitro groups is 1. The second-order valence-corrected chi connectivity index (χ2v) is 8.45. The van der Waals surface area contributed by atoms with Crippen LogP contribution in [0, 0.1) is 10.1 Å². The van der Waals surface area contributed by atoms with Gasteiger partial charge in [0.2, 0.25) is 6.23 Å². The number of nitrogens with zero attached hydrogens (tertiary/aromatic N) is 3. The van der Waals surface area contributed by atoms with E-state index >= 15 is 0 Å². The molecule has 2 aliphatic heterocycles. The third kappa shape index (κ3) is 3.24. The second-order valence-electron chi connectivity index (χ2n) is 7.13. The monoisotopic (exact) mass is 483 g/mol. The summed E-state index contributed by atoms with van der Waals surface area (Å²) in [5.41, 5.74) is 3.51. The van der Waals surface area contributed by atoms with Crippen molar-refractivity contribution in [2.24, 2.45) is 5.10 Å². The maximum absolute atomic E-state index is 11.4. The van der Waals surface area contributed by atoms with Crippen molar-refractivity contribution >= 4 is 38.9 Å². The van der Waals surface area contributed by atoms with E-state index in [1.165, 1.54) is 12.1 Å². The number of nitro benzene ring substituents is 1. The molecule has 0 saturated carbocycles. The third-order valence-electron chi connectivity index (χ3n) is 5.33. The zero-order valence-electron chi connectivity index (χ0n) is 15.5. The molecule has 0 fully saturated rings. The average molecular weight is 485 g/mol. The Morgan fingerprint density at radius 3 is 2.67 bits per heavy atom. The smallest absolute Gasteiger partial charge is 0.288 e. The topological polar surface area (TPSA) is 68.0 Å². The Hall–Kier alpha value is -2.90. The van der Waals surface area contributed by atoms with Crippen molar-refractivity contribution in [3.63, 3.8) is 0 Å². The Morgan fingerprint density at radius 2 is 1.90 bits per heavy atom. The van der Waals surface area contributed by atoms with Crippen LogP contribution in [0.3, 0.4) is 0 Å². The van der Waals surface area contributed by atoms with Gasteiger partial charge in [0, 0.05) is 28.1 Å². The van der Waals surface area contributed by atoms with Gasteiger partial charge < -0.3 is 4.74 Å². The van der Waals surface area contributed by atoms with Crippen molar-refractivity contribution in [1.29, 1.82) is 0 Å². The lowest BCUT2D eigenvalue weighted by atomic mass is 9.96. The van der Waals surface area contributed by atoms with Crippen LogP contribution in [0.5, 0.6) is 5.75 Å². The molecule has 6 nitrogen and oxygen atoms in total. The van der Waals surface area contributed by atoms with Gasteiger partial charge in [-0.3, -0.25) is 10.1 Å². The molecule has 0 amide bonds. The Labute approximate surface area is 186 Å². The summed E-state index contributed by atoms with van der Waals surface area (Å²) in [7, 11) is 0. The minimum atomic E-state index is -0.589. The number of hydrogen-bond acceptors (Lipinski definition) is 5. The molecule has 30 heavy (non-hydrogen) atoms. The first-order chi connectivity index (χ1) is 14.5. The van der Waals surface area contributed by atoms with Gasteiger partial charge in [-0.25, -0.2) is 5.01 Å². The molecule has 3 aromatic carbocycles. The standard InChI is InChI=1S/C22H15BrClN3O3/c23-15-8-5-13(6-9-15)18-12-19-16-3-1-2-4-21(16)30-22(26(19)25-18)14-7-10-17(24)20(11-14)27(28)29/h1-11,19,22H,12H2/t19-,22+/m1/s1. The van der Waals surface area contributed by atoms with E-state index in [0.29, 0.717) is 12.0 Å². The fourth-order valence-electron chi connectivity index (χ4n) is 3.89.